The number of aromatic nitrogens is 3. The number of rotatable bonds is 6. The van der Waals surface area contributed by atoms with Gasteiger partial charge in [0.05, 0.1) is 0 Å². The number of aliphatic imine (C=N–C) groups is 1. The molecule has 10 aromatic rings. The van der Waals surface area contributed by atoms with E-state index in [2.05, 4.69) is 84.5 Å². The molecule has 0 aliphatic rings. The van der Waals surface area contributed by atoms with Gasteiger partial charge < -0.3 is 8.83 Å². The molecule has 0 spiro atoms. The fourth-order valence-corrected chi connectivity index (χ4v) is 8.30. The van der Waals surface area contributed by atoms with Crippen LogP contribution in [0.15, 0.2) is 147 Å². The Morgan fingerprint density at radius 2 is 1.23 bits per heavy atom. The summed E-state index contributed by atoms with van der Waals surface area (Å²) in [6.45, 7) is 5.63. The van der Waals surface area contributed by atoms with Gasteiger partial charge in [-0.15, -0.1) is 11.3 Å². The number of hydrogen-bond donors (Lipinski definition) is 0. The topological polar surface area (TPSA) is 77.3 Å². The molecule has 6 nitrogen and oxygen atoms in total. The van der Waals surface area contributed by atoms with Crippen LogP contribution in [0.2, 0.25) is 0 Å². The molecule has 10 rings (SSSR count). The van der Waals surface area contributed by atoms with E-state index < -0.39 is 0 Å². The fraction of sp³-hybridized carbons (Fsp3) is 0.0222. The van der Waals surface area contributed by atoms with Crippen LogP contribution in [0, 0.1) is 6.92 Å². The second kappa shape index (κ2) is 12.0. The van der Waals surface area contributed by atoms with Gasteiger partial charge in [-0.3, -0.25) is 4.99 Å². The van der Waals surface area contributed by atoms with Crippen LogP contribution in [0.4, 0.5) is 0 Å². The van der Waals surface area contributed by atoms with E-state index in [0.717, 1.165) is 72.0 Å². The molecule has 0 saturated heterocycles. The van der Waals surface area contributed by atoms with Crippen molar-refractivity contribution in [3.63, 3.8) is 0 Å². The van der Waals surface area contributed by atoms with Crippen LogP contribution in [0.3, 0.4) is 0 Å². The van der Waals surface area contributed by atoms with Gasteiger partial charge in [-0.2, -0.15) is 0 Å². The number of fused-ring (bicyclic) bond motifs is 7. The lowest BCUT2D eigenvalue weighted by Crippen LogP contribution is -2.01. The van der Waals surface area contributed by atoms with Crippen LogP contribution in [-0.4, -0.2) is 21.7 Å². The first-order valence-corrected chi connectivity index (χ1v) is 17.8. The van der Waals surface area contributed by atoms with Crippen molar-refractivity contribution < 1.29 is 8.83 Å². The number of hydrogen-bond acceptors (Lipinski definition) is 7. The Bertz CT molecular complexity index is 3060. The van der Waals surface area contributed by atoms with Gasteiger partial charge in [-0.1, -0.05) is 84.9 Å². The first kappa shape index (κ1) is 30.2. The molecule has 0 amide bonds. The minimum atomic E-state index is 0.533. The Labute approximate surface area is 302 Å². The molecule has 246 valence electrons. The molecule has 0 fully saturated rings. The number of benzene rings is 6. The third kappa shape index (κ3) is 4.93. The average molecular weight is 689 g/mol. The van der Waals surface area contributed by atoms with Gasteiger partial charge in [-0.05, 0) is 73.3 Å². The highest BCUT2D eigenvalue weighted by Gasteiger charge is 2.21. The number of para-hydroxylation sites is 1. The molecule has 0 aliphatic heterocycles. The maximum atomic E-state index is 6.47. The summed E-state index contributed by atoms with van der Waals surface area (Å²) in [4.78, 5) is 19.4. The quantitative estimate of drug-likeness (QED) is 0.163. The summed E-state index contributed by atoms with van der Waals surface area (Å²) in [5, 5.41) is 5.53. The van der Waals surface area contributed by atoms with Crippen LogP contribution in [0.25, 0.3) is 104 Å². The van der Waals surface area contributed by atoms with E-state index in [9.17, 15) is 0 Å². The SMILES string of the molecule is C=N/C=C\c1c(C)oc2cc(-c3ccc4c(c3)sc3ccccc34)cc(-c3nc(-c4ccccc4)nc(-c4ccc5c(c4)oc4ccccc45)n3)c12. The highest BCUT2D eigenvalue weighted by Crippen LogP contribution is 2.42. The molecule has 0 radical (unpaired) electrons. The van der Waals surface area contributed by atoms with Crippen molar-refractivity contribution in [2.24, 2.45) is 4.99 Å². The van der Waals surface area contributed by atoms with Crippen molar-refractivity contribution in [2.75, 3.05) is 0 Å². The number of nitrogens with zero attached hydrogens (tertiary/aromatic N) is 4. The summed E-state index contributed by atoms with van der Waals surface area (Å²) in [6, 6.07) is 43.7. The summed E-state index contributed by atoms with van der Waals surface area (Å²) >= 11 is 1.80. The van der Waals surface area contributed by atoms with E-state index >= 15 is 0 Å². The zero-order valence-electron chi connectivity index (χ0n) is 28.0. The Hall–Kier alpha value is -6.70. The van der Waals surface area contributed by atoms with Crippen LogP contribution >= 0.6 is 11.3 Å². The smallest absolute Gasteiger partial charge is 0.164 e. The lowest BCUT2D eigenvalue weighted by atomic mass is 9.96. The van der Waals surface area contributed by atoms with Gasteiger partial charge in [0, 0.05) is 64.8 Å². The van der Waals surface area contributed by atoms with Crippen LogP contribution in [-0.2, 0) is 0 Å². The highest BCUT2D eigenvalue weighted by molar-refractivity contribution is 7.25. The number of thiophene rings is 1. The van der Waals surface area contributed by atoms with Crippen molar-refractivity contribution in [2.45, 2.75) is 6.92 Å². The second-order valence-electron chi connectivity index (χ2n) is 12.8. The maximum absolute atomic E-state index is 6.47. The van der Waals surface area contributed by atoms with Gasteiger partial charge in [0.25, 0.3) is 0 Å². The predicted octanol–water partition coefficient (Wildman–Crippen LogP) is 12.5. The molecule has 0 aliphatic carbocycles. The molecule has 0 bridgehead atoms. The van der Waals surface area contributed by atoms with E-state index in [-0.39, 0.29) is 0 Å². The maximum Gasteiger partial charge on any atom is 0.164 e. The van der Waals surface area contributed by atoms with Crippen molar-refractivity contribution in [3.05, 3.63) is 145 Å². The van der Waals surface area contributed by atoms with E-state index in [4.69, 9.17) is 23.8 Å². The summed E-state index contributed by atoms with van der Waals surface area (Å²) < 4.78 is 15.2. The minimum absolute atomic E-state index is 0.533. The fourth-order valence-electron chi connectivity index (χ4n) is 7.15. The zero-order valence-corrected chi connectivity index (χ0v) is 28.8. The average Bonchev–Trinajstić information content (AvgIpc) is 3.86. The van der Waals surface area contributed by atoms with E-state index in [1.165, 1.54) is 20.2 Å². The molecule has 0 saturated carbocycles. The molecular weight excluding hydrogens is 661 g/mol. The largest absolute Gasteiger partial charge is 0.461 e. The van der Waals surface area contributed by atoms with Crippen molar-refractivity contribution in [1.29, 1.82) is 0 Å². The Morgan fingerprint density at radius 3 is 2.10 bits per heavy atom. The Kier molecular flexibility index (Phi) is 6.94. The number of furan rings is 2. The second-order valence-corrected chi connectivity index (χ2v) is 13.8. The molecule has 4 aromatic heterocycles. The molecule has 52 heavy (non-hydrogen) atoms. The monoisotopic (exact) mass is 688 g/mol. The van der Waals surface area contributed by atoms with Crippen LogP contribution < -0.4 is 0 Å². The Morgan fingerprint density at radius 1 is 0.558 bits per heavy atom. The van der Waals surface area contributed by atoms with Crippen LogP contribution in [0.5, 0.6) is 0 Å². The van der Waals surface area contributed by atoms with Crippen LogP contribution in [0.1, 0.15) is 11.3 Å². The summed E-state index contributed by atoms with van der Waals surface area (Å²) in [6.07, 6.45) is 3.61. The zero-order chi connectivity index (χ0) is 34.8. The molecule has 6 aromatic carbocycles. The van der Waals surface area contributed by atoms with E-state index in [1.54, 1.807) is 17.5 Å². The first-order chi connectivity index (χ1) is 25.6. The van der Waals surface area contributed by atoms with Gasteiger partial charge in [-0.25, -0.2) is 15.0 Å². The lowest BCUT2D eigenvalue weighted by Gasteiger charge is -2.11. The van der Waals surface area contributed by atoms with Crippen molar-refractivity contribution in [1.82, 2.24) is 15.0 Å². The third-order valence-electron chi connectivity index (χ3n) is 9.62. The minimum Gasteiger partial charge on any atom is -0.461 e. The highest BCUT2D eigenvalue weighted by atomic mass is 32.1. The molecular formula is C45H28N4O2S. The molecule has 0 unspecified atom stereocenters. The van der Waals surface area contributed by atoms with E-state index in [0.29, 0.717) is 17.5 Å². The van der Waals surface area contributed by atoms with Gasteiger partial charge in [0.15, 0.2) is 17.5 Å². The van der Waals surface area contributed by atoms with Gasteiger partial charge >= 0.3 is 0 Å². The number of aryl methyl sites for hydroxylation is 1. The molecule has 7 heteroatoms. The summed E-state index contributed by atoms with van der Waals surface area (Å²) in [5.41, 5.74) is 7.87. The summed E-state index contributed by atoms with van der Waals surface area (Å²) in [7, 11) is 0. The lowest BCUT2D eigenvalue weighted by molar-refractivity contribution is 0.577. The summed E-state index contributed by atoms with van der Waals surface area (Å²) in [5.74, 6) is 2.41. The third-order valence-corrected chi connectivity index (χ3v) is 10.8. The van der Waals surface area contributed by atoms with Gasteiger partial charge in [0.1, 0.15) is 22.5 Å². The standard InChI is InChI=1S/C45H28N4O2S/c1-26-31(20-21-46-2)42-36(22-30(24-39(42)50-26)28-16-19-35-34-13-7-9-15-40(34)52-41(35)25-28)45-48-43(27-10-4-3-5-11-27)47-44(49-45)29-17-18-33-32-12-6-8-14-37(32)51-38(33)23-29/h3-25H,2H2,1H3/b21-20-. The molecule has 0 atom stereocenters. The molecule has 0 N–H and O–H groups in total. The normalized spacial score (nSPS) is 11.9. The van der Waals surface area contributed by atoms with Crippen molar-refractivity contribution in [3.8, 4) is 45.3 Å². The van der Waals surface area contributed by atoms with Crippen molar-refractivity contribution >= 4 is 77.2 Å². The van der Waals surface area contributed by atoms with E-state index in [1.807, 2.05) is 67.6 Å². The predicted molar refractivity (Wildman–Crippen MR) is 215 cm³/mol. The van der Waals surface area contributed by atoms with Gasteiger partial charge in [0.2, 0.25) is 0 Å². The Balaban J connectivity index is 1.22. The first-order valence-electron chi connectivity index (χ1n) is 17.0. The molecule has 4 heterocycles.